The first-order valence-electron chi connectivity index (χ1n) is 8.73. The van der Waals surface area contributed by atoms with E-state index >= 15 is 0 Å². The van der Waals surface area contributed by atoms with Crippen LogP contribution in [0, 0.1) is 5.92 Å². The molecule has 0 atom stereocenters. The third-order valence-electron chi connectivity index (χ3n) is 4.08. The van der Waals surface area contributed by atoms with Crippen LogP contribution >= 0.6 is 0 Å². The van der Waals surface area contributed by atoms with Crippen LogP contribution in [0.3, 0.4) is 0 Å². The smallest absolute Gasteiger partial charge is 0.184 e. The van der Waals surface area contributed by atoms with Crippen LogP contribution in [-0.2, 0) is 25.8 Å². The lowest BCUT2D eigenvalue weighted by molar-refractivity contribution is -0.120. The number of Topliss-reactive ketones (excluding diaryl/α,β-unsaturated/α-hetero) is 1. The standard InChI is InChI=1S/C13H25OS.C4H10O3S/c1-10(2)15(11(3)4)9-13(14)12-7-5-6-8-12;1-2-3-4-8(5,6)7/h10-12H,5-9H2,1-4H3;2-4H2,1H3,(H,5,6,7)/q+1;/p-1. The van der Waals surface area contributed by atoms with Crippen molar-refractivity contribution in [1.29, 1.82) is 0 Å². The van der Waals surface area contributed by atoms with E-state index < -0.39 is 10.1 Å². The molecule has 0 radical (unpaired) electrons. The molecule has 1 aliphatic rings. The molecule has 0 unspecified atom stereocenters. The lowest BCUT2D eigenvalue weighted by Gasteiger charge is -2.16. The van der Waals surface area contributed by atoms with Crippen molar-refractivity contribution >= 4 is 26.8 Å². The highest BCUT2D eigenvalue weighted by atomic mass is 32.2. The first-order valence-corrected chi connectivity index (χ1v) is 11.8. The van der Waals surface area contributed by atoms with Crippen LogP contribution in [-0.4, -0.2) is 40.8 Å². The highest BCUT2D eigenvalue weighted by molar-refractivity contribution is 7.98. The molecule has 0 amide bonds. The van der Waals surface area contributed by atoms with Gasteiger partial charge in [-0.3, -0.25) is 4.79 Å². The zero-order valence-electron chi connectivity index (χ0n) is 15.3. The Morgan fingerprint density at radius 3 is 1.91 bits per heavy atom. The number of hydrogen-bond acceptors (Lipinski definition) is 4. The van der Waals surface area contributed by atoms with E-state index in [4.69, 9.17) is 0 Å². The molecule has 4 nitrogen and oxygen atoms in total. The summed E-state index contributed by atoms with van der Waals surface area (Å²) in [7, 11) is -3.64. The van der Waals surface area contributed by atoms with Gasteiger partial charge in [0.25, 0.3) is 0 Å². The van der Waals surface area contributed by atoms with Crippen molar-refractivity contribution in [2.75, 3.05) is 11.5 Å². The maximum absolute atomic E-state index is 12.1. The summed E-state index contributed by atoms with van der Waals surface area (Å²) >= 11 is 0. The van der Waals surface area contributed by atoms with E-state index in [0.29, 0.717) is 39.5 Å². The van der Waals surface area contributed by atoms with E-state index in [2.05, 4.69) is 27.7 Å². The molecule has 0 aromatic rings. The summed E-state index contributed by atoms with van der Waals surface area (Å²) in [6.45, 7) is 10.9. The highest BCUT2D eigenvalue weighted by Gasteiger charge is 2.33. The summed E-state index contributed by atoms with van der Waals surface area (Å²) in [6.07, 6.45) is 6.09. The summed E-state index contributed by atoms with van der Waals surface area (Å²) < 4.78 is 29.5. The lowest BCUT2D eigenvalue weighted by Crippen LogP contribution is -2.33. The Balaban J connectivity index is 0.000000515. The van der Waals surface area contributed by atoms with Crippen LogP contribution in [0.25, 0.3) is 0 Å². The molecule has 1 saturated carbocycles. The van der Waals surface area contributed by atoms with Gasteiger partial charge < -0.3 is 4.55 Å². The molecule has 1 fully saturated rings. The minimum atomic E-state index is -3.94. The Kier molecular flexibility index (Phi) is 11.4. The largest absolute Gasteiger partial charge is 0.748 e. The van der Waals surface area contributed by atoms with Crippen molar-refractivity contribution in [2.24, 2.45) is 5.92 Å². The summed E-state index contributed by atoms with van der Waals surface area (Å²) in [5.41, 5.74) is 0. The van der Waals surface area contributed by atoms with Crippen LogP contribution in [0.15, 0.2) is 0 Å². The van der Waals surface area contributed by atoms with Gasteiger partial charge in [-0.2, -0.15) is 0 Å². The topological polar surface area (TPSA) is 74.3 Å². The molecule has 23 heavy (non-hydrogen) atoms. The number of hydrogen-bond donors (Lipinski definition) is 0. The Bertz CT molecular complexity index is 416. The van der Waals surface area contributed by atoms with E-state index in [1.165, 1.54) is 12.8 Å². The first kappa shape index (κ1) is 22.9. The fourth-order valence-electron chi connectivity index (χ4n) is 2.73. The maximum Gasteiger partial charge on any atom is 0.184 e. The van der Waals surface area contributed by atoms with E-state index in [1.54, 1.807) is 0 Å². The molecule has 1 rings (SSSR count). The fourth-order valence-corrected chi connectivity index (χ4v) is 5.69. The summed E-state index contributed by atoms with van der Waals surface area (Å²) in [4.78, 5) is 12.1. The van der Waals surface area contributed by atoms with Gasteiger partial charge in [-0.05, 0) is 57.9 Å². The van der Waals surface area contributed by atoms with Crippen molar-refractivity contribution in [1.82, 2.24) is 0 Å². The van der Waals surface area contributed by atoms with Crippen molar-refractivity contribution in [3.05, 3.63) is 0 Å². The summed E-state index contributed by atoms with van der Waals surface area (Å²) in [6, 6.07) is 0. The minimum absolute atomic E-state index is 0.219. The van der Waals surface area contributed by atoms with Crippen molar-refractivity contribution in [3.8, 4) is 0 Å². The van der Waals surface area contributed by atoms with Gasteiger partial charge in [0.1, 0.15) is 10.5 Å². The first-order chi connectivity index (χ1) is 10.6. The van der Waals surface area contributed by atoms with Gasteiger partial charge in [0.2, 0.25) is 0 Å². The summed E-state index contributed by atoms with van der Waals surface area (Å²) in [5, 5.41) is 1.32. The van der Waals surface area contributed by atoms with Gasteiger partial charge in [-0.15, -0.1) is 0 Å². The Morgan fingerprint density at radius 1 is 1.13 bits per heavy atom. The van der Waals surface area contributed by atoms with Crippen molar-refractivity contribution in [2.45, 2.75) is 83.6 Å². The van der Waals surface area contributed by atoms with E-state index in [1.807, 2.05) is 6.92 Å². The molecule has 0 aromatic heterocycles. The maximum atomic E-state index is 12.1. The second-order valence-corrected chi connectivity index (χ2v) is 11.4. The molecular weight excluding hydrogens is 332 g/mol. The van der Waals surface area contributed by atoms with Crippen LogP contribution in [0.4, 0.5) is 0 Å². The Morgan fingerprint density at radius 2 is 1.61 bits per heavy atom. The molecule has 0 spiro atoms. The number of unbranched alkanes of at least 4 members (excludes halogenated alkanes) is 1. The van der Waals surface area contributed by atoms with E-state index in [0.717, 1.165) is 25.0 Å². The van der Waals surface area contributed by atoms with Gasteiger partial charge in [-0.25, -0.2) is 8.42 Å². The number of rotatable bonds is 8. The average Bonchev–Trinajstić information content (AvgIpc) is 2.95. The molecule has 0 aliphatic heterocycles. The highest BCUT2D eigenvalue weighted by Crippen LogP contribution is 2.27. The van der Waals surface area contributed by atoms with Gasteiger partial charge in [0, 0.05) is 11.7 Å². The second kappa shape index (κ2) is 11.5. The number of carbonyl (C=O) groups excluding carboxylic acids is 1. The zero-order chi connectivity index (χ0) is 18.0. The third-order valence-corrected chi connectivity index (χ3v) is 7.91. The average molecular weight is 367 g/mol. The quantitative estimate of drug-likeness (QED) is 0.486. The molecule has 138 valence electrons. The molecule has 1 aliphatic carbocycles. The minimum Gasteiger partial charge on any atom is -0.748 e. The van der Waals surface area contributed by atoms with Crippen LogP contribution in [0.1, 0.15) is 73.1 Å². The molecule has 0 heterocycles. The number of carbonyl (C=O) groups is 1. The summed E-state index contributed by atoms with van der Waals surface area (Å²) in [5.74, 6) is 1.60. The third kappa shape index (κ3) is 11.2. The van der Waals surface area contributed by atoms with Crippen molar-refractivity contribution in [3.63, 3.8) is 0 Å². The van der Waals surface area contributed by atoms with Gasteiger partial charge in [0.15, 0.2) is 11.5 Å². The van der Waals surface area contributed by atoms with E-state index in [-0.39, 0.29) is 5.75 Å². The van der Waals surface area contributed by atoms with Crippen LogP contribution < -0.4 is 0 Å². The fraction of sp³-hybridized carbons (Fsp3) is 0.941. The molecule has 0 saturated heterocycles. The second-order valence-electron chi connectivity index (χ2n) is 6.77. The lowest BCUT2D eigenvalue weighted by atomic mass is 10.0. The predicted octanol–water partition coefficient (Wildman–Crippen LogP) is 3.51. The Hall–Kier alpha value is -0.0700. The molecular formula is C17H34O4S2. The van der Waals surface area contributed by atoms with Crippen LogP contribution in [0.5, 0.6) is 0 Å². The Labute approximate surface area is 145 Å². The SMILES string of the molecule is CC(C)[S+](CC(=O)C1CCCC1)C(C)C.CCCCS(=O)(=O)[O-]. The van der Waals surface area contributed by atoms with Crippen LogP contribution in [0.2, 0.25) is 0 Å². The monoisotopic (exact) mass is 366 g/mol. The van der Waals surface area contributed by atoms with Gasteiger partial charge in [-0.1, -0.05) is 26.2 Å². The molecule has 6 heteroatoms. The van der Waals surface area contributed by atoms with Crippen molar-refractivity contribution < 1.29 is 17.8 Å². The number of ketones is 1. The normalized spacial score (nSPS) is 16.0. The predicted molar refractivity (Wildman–Crippen MR) is 98.9 cm³/mol. The molecule has 0 bridgehead atoms. The van der Waals surface area contributed by atoms with E-state index in [9.17, 15) is 17.8 Å². The molecule has 0 N–H and O–H groups in total. The van der Waals surface area contributed by atoms with Gasteiger partial charge in [0.05, 0.1) is 10.1 Å². The zero-order valence-corrected chi connectivity index (χ0v) is 17.0. The van der Waals surface area contributed by atoms with Gasteiger partial charge >= 0.3 is 0 Å². The molecule has 0 aromatic carbocycles.